The molecule has 0 bridgehead atoms. The van der Waals surface area contributed by atoms with Crippen molar-refractivity contribution in [2.45, 2.75) is 0 Å². The van der Waals surface area contributed by atoms with Gasteiger partial charge in [0.25, 0.3) is 0 Å². The van der Waals surface area contributed by atoms with Crippen LogP contribution in [0.3, 0.4) is 0 Å². The van der Waals surface area contributed by atoms with Crippen LogP contribution in [0.2, 0.25) is 0 Å². The van der Waals surface area contributed by atoms with Crippen LogP contribution in [0.25, 0.3) is 33.9 Å². The van der Waals surface area contributed by atoms with Crippen LogP contribution in [0.1, 0.15) is 22.3 Å². The van der Waals surface area contributed by atoms with Gasteiger partial charge in [0.15, 0.2) is 0 Å². The van der Waals surface area contributed by atoms with E-state index in [0.717, 1.165) is 56.2 Å². The van der Waals surface area contributed by atoms with Crippen molar-refractivity contribution in [1.29, 1.82) is 0 Å². The summed E-state index contributed by atoms with van der Waals surface area (Å²) < 4.78 is 0. The van der Waals surface area contributed by atoms with Gasteiger partial charge >= 0.3 is 0 Å². The van der Waals surface area contributed by atoms with E-state index in [-0.39, 0.29) is 0 Å². The fourth-order valence-corrected chi connectivity index (χ4v) is 4.36. The second-order valence-corrected chi connectivity index (χ2v) is 9.03. The lowest BCUT2D eigenvalue weighted by Gasteiger charge is -2.06. The lowest BCUT2D eigenvalue weighted by Crippen LogP contribution is -1.88. The summed E-state index contributed by atoms with van der Waals surface area (Å²) in [4.78, 5) is 8.68. The van der Waals surface area contributed by atoms with Gasteiger partial charge in [0.05, 0.1) is 11.4 Å². The van der Waals surface area contributed by atoms with Crippen LogP contribution >= 0.6 is 0 Å². The predicted octanol–water partition coefficient (Wildman–Crippen LogP) is 8.21. The monoisotopic (exact) mass is 496 g/mol. The number of nitrogens with one attached hydrogen (secondary N) is 1. The molecule has 0 amide bonds. The molecule has 0 aliphatic rings. The first-order chi connectivity index (χ1) is 19.3. The lowest BCUT2D eigenvalue weighted by molar-refractivity contribution is 1.31. The zero-order valence-corrected chi connectivity index (χ0v) is 21.2. The second kappa shape index (κ2) is 11.2. The first-order valence-corrected chi connectivity index (χ1v) is 12.8. The molecule has 0 fully saturated rings. The summed E-state index contributed by atoms with van der Waals surface area (Å²) in [5.74, 6) is 14.0. The lowest BCUT2D eigenvalue weighted by atomic mass is 9.99. The zero-order chi connectivity index (χ0) is 26.3. The Bertz CT molecular complexity index is 1830. The molecule has 0 unspecified atom stereocenters. The number of rotatable bonds is 3. The van der Waals surface area contributed by atoms with Gasteiger partial charge in [-0.05, 0) is 42.5 Å². The average molecular weight is 497 g/mol. The highest BCUT2D eigenvalue weighted by Crippen LogP contribution is 2.34. The Labute approximate surface area is 229 Å². The molecule has 2 nitrogen and oxygen atoms in total. The van der Waals surface area contributed by atoms with Gasteiger partial charge in [-0.2, -0.15) is 0 Å². The van der Waals surface area contributed by atoms with E-state index in [1.807, 2.05) is 103 Å². The van der Waals surface area contributed by atoms with Crippen molar-refractivity contribution >= 4 is 0 Å². The molecule has 2 heteroatoms. The number of hydrogen-bond donors (Lipinski definition) is 1. The molecule has 0 spiro atoms. The van der Waals surface area contributed by atoms with E-state index in [0.29, 0.717) is 0 Å². The van der Waals surface area contributed by atoms with E-state index in [1.165, 1.54) is 0 Å². The molecule has 5 aromatic carbocycles. The quantitative estimate of drug-likeness (QED) is 0.246. The molecule has 0 radical (unpaired) electrons. The topological polar surface area (TPSA) is 28.7 Å². The normalized spacial score (nSPS) is 10.2. The SMILES string of the molecule is C(#Cc1ccc(-c2nc(-c3ccccc3)[nH]c2-c2ccccc2C#Cc2ccccc2)cc1)c1ccccc1. The van der Waals surface area contributed by atoms with Gasteiger partial charge in [-0.1, -0.05) is 121 Å². The summed E-state index contributed by atoms with van der Waals surface area (Å²) in [5.41, 5.74) is 8.75. The number of hydrogen-bond acceptors (Lipinski definition) is 1. The van der Waals surface area contributed by atoms with Gasteiger partial charge in [0.2, 0.25) is 0 Å². The third-order valence-electron chi connectivity index (χ3n) is 6.35. The molecule has 0 saturated heterocycles. The van der Waals surface area contributed by atoms with E-state index in [9.17, 15) is 0 Å². The zero-order valence-electron chi connectivity index (χ0n) is 21.2. The number of H-pyrrole nitrogens is 1. The molecule has 0 aliphatic heterocycles. The first kappa shape index (κ1) is 23.8. The second-order valence-electron chi connectivity index (χ2n) is 9.03. The van der Waals surface area contributed by atoms with E-state index < -0.39 is 0 Å². The van der Waals surface area contributed by atoms with Crippen LogP contribution in [0.4, 0.5) is 0 Å². The standard InChI is InChI=1S/C37H24N2/c1-4-12-28(13-5-1)20-21-30-23-26-32(27-24-30)35-36(39-37(38-35)33-17-8-3-9-18-33)34-19-11-10-16-31(34)25-22-29-14-6-2-7-15-29/h1-19,23-24,26-27H,(H,38,39). The van der Waals surface area contributed by atoms with Crippen molar-refractivity contribution in [3.8, 4) is 57.6 Å². The van der Waals surface area contributed by atoms with Crippen molar-refractivity contribution < 1.29 is 0 Å². The molecule has 6 aromatic rings. The first-order valence-electron chi connectivity index (χ1n) is 12.8. The molecular formula is C37H24N2. The Morgan fingerprint density at radius 3 is 1.59 bits per heavy atom. The van der Waals surface area contributed by atoms with Gasteiger partial charge in [0, 0.05) is 38.9 Å². The minimum Gasteiger partial charge on any atom is -0.337 e. The van der Waals surface area contributed by atoms with E-state index in [4.69, 9.17) is 4.98 Å². The smallest absolute Gasteiger partial charge is 0.138 e. The van der Waals surface area contributed by atoms with Gasteiger partial charge in [-0.15, -0.1) is 0 Å². The summed E-state index contributed by atoms with van der Waals surface area (Å²) in [6.07, 6.45) is 0. The Hall–Kier alpha value is -5.57. The van der Waals surface area contributed by atoms with Crippen LogP contribution in [0.5, 0.6) is 0 Å². The molecule has 1 N–H and O–H groups in total. The van der Waals surface area contributed by atoms with Crippen LogP contribution < -0.4 is 0 Å². The highest BCUT2D eigenvalue weighted by Gasteiger charge is 2.17. The third kappa shape index (κ3) is 5.57. The maximum absolute atomic E-state index is 5.07. The average Bonchev–Trinajstić information content (AvgIpc) is 3.46. The molecule has 1 aromatic heterocycles. The fourth-order valence-electron chi connectivity index (χ4n) is 4.36. The van der Waals surface area contributed by atoms with Gasteiger partial charge < -0.3 is 4.98 Å². The van der Waals surface area contributed by atoms with Crippen LogP contribution in [0.15, 0.2) is 140 Å². The van der Waals surface area contributed by atoms with Crippen LogP contribution in [0, 0.1) is 23.7 Å². The number of aromatic nitrogens is 2. The Morgan fingerprint density at radius 1 is 0.436 bits per heavy atom. The molecule has 0 atom stereocenters. The molecule has 39 heavy (non-hydrogen) atoms. The molecule has 6 rings (SSSR count). The summed E-state index contributed by atoms with van der Waals surface area (Å²) in [6.45, 7) is 0. The van der Waals surface area contributed by atoms with Gasteiger partial charge in [0.1, 0.15) is 5.82 Å². The van der Waals surface area contributed by atoms with E-state index in [1.54, 1.807) is 0 Å². The van der Waals surface area contributed by atoms with Crippen molar-refractivity contribution in [2.24, 2.45) is 0 Å². The minimum atomic E-state index is 0.819. The Balaban J connectivity index is 1.43. The van der Waals surface area contributed by atoms with Crippen molar-refractivity contribution in [2.75, 3.05) is 0 Å². The van der Waals surface area contributed by atoms with Crippen LogP contribution in [-0.4, -0.2) is 9.97 Å². The Kier molecular flexibility index (Phi) is 6.85. The highest BCUT2D eigenvalue weighted by atomic mass is 14.9. The predicted molar refractivity (Wildman–Crippen MR) is 160 cm³/mol. The maximum atomic E-state index is 5.07. The number of benzene rings is 5. The number of imidazole rings is 1. The third-order valence-corrected chi connectivity index (χ3v) is 6.35. The molecule has 182 valence electrons. The van der Waals surface area contributed by atoms with Crippen molar-refractivity contribution in [3.05, 3.63) is 162 Å². The largest absolute Gasteiger partial charge is 0.337 e. The number of nitrogens with zero attached hydrogens (tertiary/aromatic N) is 1. The number of aromatic amines is 1. The summed E-state index contributed by atoms with van der Waals surface area (Å²) in [6, 6.07) is 46.7. The van der Waals surface area contributed by atoms with Crippen LogP contribution in [-0.2, 0) is 0 Å². The fraction of sp³-hybridized carbons (Fsp3) is 0. The van der Waals surface area contributed by atoms with Gasteiger partial charge in [-0.3, -0.25) is 0 Å². The summed E-state index contributed by atoms with van der Waals surface area (Å²) >= 11 is 0. The molecule has 0 saturated carbocycles. The molecular weight excluding hydrogens is 472 g/mol. The van der Waals surface area contributed by atoms with Gasteiger partial charge in [-0.25, -0.2) is 4.98 Å². The Morgan fingerprint density at radius 2 is 0.949 bits per heavy atom. The molecule has 1 heterocycles. The van der Waals surface area contributed by atoms with E-state index >= 15 is 0 Å². The maximum Gasteiger partial charge on any atom is 0.138 e. The van der Waals surface area contributed by atoms with Crippen molar-refractivity contribution in [3.63, 3.8) is 0 Å². The van der Waals surface area contributed by atoms with Crippen molar-refractivity contribution in [1.82, 2.24) is 9.97 Å². The summed E-state index contributed by atoms with van der Waals surface area (Å²) in [5, 5.41) is 0. The minimum absolute atomic E-state index is 0.819. The van der Waals surface area contributed by atoms with E-state index in [2.05, 4.69) is 65.1 Å². The molecule has 0 aliphatic carbocycles. The highest BCUT2D eigenvalue weighted by molar-refractivity contribution is 5.84. The summed E-state index contributed by atoms with van der Waals surface area (Å²) in [7, 11) is 0.